The van der Waals surface area contributed by atoms with Gasteiger partial charge in [0, 0.05) is 45.3 Å². The molecule has 2 N–H and O–H groups in total. The van der Waals surface area contributed by atoms with E-state index in [1.807, 2.05) is 0 Å². The maximum Gasteiger partial charge on any atom is 0.191 e. The van der Waals surface area contributed by atoms with Gasteiger partial charge >= 0.3 is 0 Å². The van der Waals surface area contributed by atoms with Gasteiger partial charge in [-0.1, -0.05) is 20.8 Å². The molecule has 0 aromatic carbocycles. The second-order valence-electron chi connectivity index (χ2n) is 7.96. The molecule has 0 bridgehead atoms. The number of guanidine groups is 1. The lowest BCUT2D eigenvalue weighted by Gasteiger charge is -2.33. The fraction of sp³-hybridized carbons (Fsp3) is 0.955. The molecule has 1 unspecified atom stereocenters. The highest BCUT2D eigenvalue weighted by molar-refractivity contribution is 14.0. The number of unbranched alkanes of at least 4 members (excludes halogenated alkanes) is 1. The van der Waals surface area contributed by atoms with E-state index >= 15 is 0 Å². The summed E-state index contributed by atoms with van der Waals surface area (Å²) in [6.45, 7) is 23.8. The smallest absolute Gasteiger partial charge is 0.191 e. The van der Waals surface area contributed by atoms with Gasteiger partial charge in [-0.2, -0.15) is 0 Å². The highest BCUT2D eigenvalue weighted by Crippen LogP contribution is 2.03. The van der Waals surface area contributed by atoms with Crippen LogP contribution in [0.2, 0.25) is 0 Å². The second kappa shape index (κ2) is 18.6. The zero-order valence-corrected chi connectivity index (χ0v) is 22.2. The van der Waals surface area contributed by atoms with Crippen LogP contribution in [-0.2, 0) is 0 Å². The summed E-state index contributed by atoms with van der Waals surface area (Å²) in [5.41, 5.74) is 0. The molecule has 1 aliphatic rings. The largest absolute Gasteiger partial charge is 0.357 e. The lowest BCUT2D eigenvalue weighted by molar-refractivity contribution is 0.136. The van der Waals surface area contributed by atoms with Gasteiger partial charge < -0.3 is 25.3 Å². The Bertz CT molecular complexity index is 395. The molecule has 1 saturated heterocycles. The summed E-state index contributed by atoms with van der Waals surface area (Å²) in [5.74, 6) is 0.981. The summed E-state index contributed by atoms with van der Waals surface area (Å²) in [4.78, 5) is 12.4. The lowest BCUT2D eigenvalue weighted by Crippen LogP contribution is -2.46. The molecule has 1 heterocycles. The van der Waals surface area contributed by atoms with Crippen molar-refractivity contribution in [2.45, 2.75) is 66.3 Å². The van der Waals surface area contributed by atoms with Gasteiger partial charge in [0.05, 0.1) is 0 Å². The van der Waals surface area contributed by atoms with E-state index in [2.05, 4.69) is 60.0 Å². The van der Waals surface area contributed by atoms with Crippen LogP contribution in [0.5, 0.6) is 0 Å². The first-order chi connectivity index (χ1) is 13.6. The maximum absolute atomic E-state index is 4.79. The third kappa shape index (κ3) is 13.7. The van der Waals surface area contributed by atoms with Gasteiger partial charge in [-0.05, 0) is 72.3 Å². The van der Waals surface area contributed by atoms with Crippen molar-refractivity contribution in [2.75, 3.05) is 72.0 Å². The van der Waals surface area contributed by atoms with E-state index < -0.39 is 0 Å². The van der Waals surface area contributed by atoms with Crippen LogP contribution in [0.4, 0.5) is 0 Å². The number of aliphatic imine (C=N–C) groups is 1. The molecule has 0 aromatic rings. The maximum atomic E-state index is 4.79. The van der Waals surface area contributed by atoms with E-state index in [0.29, 0.717) is 6.04 Å². The van der Waals surface area contributed by atoms with E-state index in [1.165, 1.54) is 71.5 Å². The molecular weight excluding hydrogens is 475 g/mol. The molecule has 0 aromatic heterocycles. The normalized spacial score (nSPS) is 17.2. The minimum Gasteiger partial charge on any atom is -0.357 e. The van der Waals surface area contributed by atoms with Gasteiger partial charge in [0.25, 0.3) is 0 Å². The fourth-order valence-corrected chi connectivity index (χ4v) is 3.75. The lowest BCUT2D eigenvalue weighted by atomic mass is 10.2. The Balaban J connectivity index is 0.00000784. The molecule has 0 saturated carbocycles. The Morgan fingerprint density at radius 2 is 1.62 bits per heavy atom. The zero-order valence-electron chi connectivity index (χ0n) is 19.9. The summed E-state index contributed by atoms with van der Waals surface area (Å²) in [6.07, 6.45) is 4.83. The van der Waals surface area contributed by atoms with Crippen LogP contribution in [0, 0.1) is 0 Å². The molecule has 1 rings (SSSR count). The number of hydrogen-bond donors (Lipinski definition) is 2. The first-order valence-electron chi connectivity index (χ1n) is 11.8. The quantitative estimate of drug-likeness (QED) is 0.158. The molecule has 0 spiro atoms. The Kier molecular flexibility index (Phi) is 18.6. The number of piperazine rings is 1. The second-order valence-corrected chi connectivity index (χ2v) is 7.96. The van der Waals surface area contributed by atoms with Crippen molar-refractivity contribution in [2.24, 2.45) is 4.99 Å². The minimum atomic E-state index is 0. The Morgan fingerprint density at radius 1 is 0.966 bits per heavy atom. The minimum absolute atomic E-state index is 0. The van der Waals surface area contributed by atoms with Crippen molar-refractivity contribution in [1.82, 2.24) is 25.3 Å². The fourth-order valence-electron chi connectivity index (χ4n) is 3.75. The van der Waals surface area contributed by atoms with Gasteiger partial charge in [0.2, 0.25) is 0 Å². The molecule has 6 nitrogen and oxygen atoms in total. The SMILES string of the molecule is CCNC(=NCCCCN1CCN(CC)CC1)NC(C)CCCN(CC)CC.I. The molecule has 1 fully saturated rings. The van der Waals surface area contributed by atoms with E-state index in [9.17, 15) is 0 Å². The summed E-state index contributed by atoms with van der Waals surface area (Å²) < 4.78 is 0. The topological polar surface area (TPSA) is 46.1 Å². The standard InChI is InChI=1S/C22H48N6.HI/c1-6-23-22(25-21(5)13-12-16-26(7-2)8-3)24-14-10-11-15-28-19-17-27(9-4)18-20-28;/h21H,6-20H2,1-5H3,(H2,23,24,25);1H. The highest BCUT2D eigenvalue weighted by atomic mass is 127. The Morgan fingerprint density at radius 3 is 2.21 bits per heavy atom. The molecular formula is C22H49IN6. The van der Waals surface area contributed by atoms with E-state index in [1.54, 1.807) is 0 Å². The predicted molar refractivity (Wildman–Crippen MR) is 139 cm³/mol. The zero-order chi connectivity index (χ0) is 20.6. The summed E-state index contributed by atoms with van der Waals surface area (Å²) >= 11 is 0. The number of halogens is 1. The first-order valence-corrected chi connectivity index (χ1v) is 11.8. The Labute approximate surface area is 198 Å². The van der Waals surface area contributed by atoms with Gasteiger partial charge in [-0.3, -0.25) is 4.99 Å². The summed E-state index contributed by atoms with van der Waals surface area (Å²) in [6, 6.07) is 0.461. The van der Waals surface area contributed by atoms with Gasteiger partial charge in [-0.15, -0.1) is 24.0 Å². The van der Waals surface area contributed by atoms with Crippen LogP contribution in [-0.4, -0.2) is 98.7 Å². The van der Waals surface area contributed by atoms with Gasteiger partial charge in [0.15, 0.2) is 5.96 Å². The molecule has 1 aliphatic heterocycles. The summed E-state index contributed by atoms with van der Waals surface area (Å²) in [5, 5.41) is 6.98. The molecule has 0 aliphatic carbocycles. The van der Waals surface area contributed by atoms with Crippen molar-refractivity contribution in [1.29, 1.82) is 0 Å². The van der Waals surface area contributed by atoms with Gasteiger partial charge in [0.1, 0.15) is 0 Å². The molecule has 7 heteroatoms. The van der Waals surface area contributed by atoms with Crippen molar-refractivity contribution < 1.29 is 0 Å². The number of nitrogens with zero attached hydrogens (tertiary/aromatic N) is 4. The van der Waals surface area contributed by atoms with E-state index in [4.69, 9.17) is 4.99 Å². The van der Waals surface area contributed by atoms with Crippen molar-refractivity contribution in [3.05, 3.63) is 0 Å². The molecule has 29 heavy (non-hydrogen) atoms. The van der Waals surface area contributed by atoms with Crippen LogP contribution in [0.1, 0.15) is 60.3 Å². The monoisotopic (exact) mass is 524 g/mol. The number of likely N-dealkylation sites (N-methyl/N-ethyl adjacent to an activating group) is 1. The predicted octanol–water partition coefficient (Wildman–Crippen LogP) is 3.09. The number of rotatable bonds is 14. The van der Waals surface area contributed by atoms with Crippen LogP contribution in [0.15, 0.2) is 4.99 Å². The number of nitrogens with one attached hydrogen (secondary N) is 2. The van der Waals surface area contributed by atoms with E-state index in [-0.39, 0.29) is 24.0 Å². The third-order valence-electron chi connectivity index (χ3n) is 5.80. The number of hydrogen-bond acceptors (Lipinski definition) is 4. The molecule has 0 amide bonds. The van der Waals surface area contributed by atoms with E-state index in [0.717, 1.165) is 32.1 Å². The summed E-state index contributed by atoms with van der Waals surface area (Å²) in [7, 11) is 0. The van der Waals surface area contributed by atoms with Crippen molar-refractivity contribution >= 4 is 29.9 Å². The van der Waals surface area contributed by atoms with Crippen molar-refractivity contribution in [3.63, 3.8) is 0 Å². The van der Waals surface area contributed by atoms with Crippen LogP contribution in [0.3, 0.4) is 0 Å². The molecule has 0 radical (unpaired) electrons. The third-order valence-corrected chi connectivity index (χ3v) is 5.80. The van der Waals surface area contributed by atoms with Crippen LogP contribution in [0.25, 0.3) is 0 Å². The van der Waals surface area contributed by atoms with Gasteiger partial charge in [-0.25, -0.2) is 0 Å². The molecule has 174 valence electrons. The average Bonchev–Trinajstić information content (AvgIpc) is 2.71. The highest BCUT2D eigenvalue weighted by Gasteiger charge is 2.14. The van der Waals surface area contributed by atoms with Crippen LogP contribution < -0.4 is 10.6 Å². The Hall–Kier alpha value is -0.120. The molecule has 1 atom stereocenters. The van der Waals surface area contributed by atoms with Crippen LogP contribution >= 0.6 is 24.0 Å². The average molecular weight is 525 g/mol. The van der Waals surface area contributed by atoms with Crippen molar-refractivity contribution in [3.8, 4) is 0 Å². The first kappa shape index (κ1) is 28.9.